The number of likely N-dealkylation sites (tertiary alicyclic amines) is 1. The van der Waals surface area contributed by atoms with E-state index < -0.39 is 0 Å². The molecule has 2 aliphatic rings. The second-order valence-electron chi connectivity index (χ2n) is 3.37. The normalized spacial score (nSPS) is 56.7. The lowest BCUT2D eigenvalue weighted by atomic mass is 10.1. The maximum atomic E-state index is 9.33. The smallest absolute Gasteiger partial charge is 0.104 e. The van der Waals surface area contributed by atoms with E-state index >= 15 is 0 Å². The quantitative estimate of drug-likeness (QED) is 0.393. The minimum atomic E-state index is -0.0451. The molecule has 0 radical (unpaired) electrons. The Bertz CT molecular complexity index is 114. The number of rotatable bonds is 0. The third-order valence-electron chi connectivity index (χ3n) is 2.70. The highest BCUT2D eigenvalue weighted by Crippen LogP contribution is 2.27. The van der Waals surface area contributed by atoms with Crippen molar-refractivity contribution in [3.8, 4) is 0 Å². The molecule has 2 heteroatoms. The molecule has 0 amide bonds. The first-order valence-electron chi connectivity index (χ1n) is 3.63. The number of aliphatic hydroxyl groups is 1. The van der Waals surface area contributed by atoms with Crippen molar-refractivity contribution in [2.45, 2.75) is 25.0 Å². The van der Waals surface area contributed by atoms with E-state index in [4.69, 9.17) is 0 Å². The van der Waals surface area contributed by atoms with E-state index in [2.05, 4.69) is 7.05 Å². The lowest BCUT2D eigenvalue weighted by Crippen LogP contribution is -3.11. The molecule has 1 heterocycles. The number of fused-ring (bicyclic) bond motifs is 2. The number of piperidine rings is 1. The van der Waals surface area contributed by atoms with Gasteiger partial charge in [-0.3, -0.25) is 0 Å². The Labute approximate surface area is 55.5 Å². The molecular weight excluding hydrogens is 114 g/mol. The monoisotopic (exact) mass is 127 g/mol. The summed E-state index contributed by atoms with van der Waals surface area (Å²) in [6.45, 7) is 1.18. The second kappa shape index (κ2) is 1.70. The van der Waals surface area contributed by atoms with Crippen molar-refractivity contribution in [3.05, 3.63) is 7.05 Å². The van der Waals surface area contributed by atoms with Gasteiger partial charge in [0, 0.05) is 12.3 Å². The van der Waals surface area contributed by atoms with Gasteiger partial charge in [-0.25, -0.2) is 0 Å². The number of hydrogen-bond donors (Lipinski definition) is 2. The highest BCUT2D eigenvalue weighted by Gasteiger charge is 2.43. The molecule has 52 valence electrons. The number of quaternary nitrogens is 1. The Morgan fingerprint density at radius 1 is 1.44 bits per heavy atom. The van der Waals surface area contributed by atoms with Gasteiger partial charge < -0.3 is 10.0 Å². The minimum Gasteiger partial charge on any atom is -0.463 e. The first-order chi connectivity index (χ1) is 4.27. The minimum absolute atomic E-state index is 0.0451. The maximum absolute atomic E-state index is 9.33. The third-order valence-corrected chi connectivity index (χ3v) is 2.70. The Hall–Kier alpha value is -0.0800. The van der Waals surface area contributed by atoms with E-state index in [1.54, 1.807) is 0 Å². The van der Waals surface area contributed by atoms with Crippen LogP contribution < -0.4 is 4.90 Å². The van der Waals surface area contributed by atoms with Gasteiger partial charge in [-0.2, -0.15) is 7.05 Å². The van der Waals surface area contributed by atoms with Crippen LogP contribution in [-0.2, 0) is 0 Å². The van der Waals surface area contributed by atoms with E-state index in [-0.39, 0.29) is 6.10 Å². The standard InChI is InChI=1S/C7H13NO/c1-8-4-5-2-6(8)7(9)3-5/h5-9H,1-4H2/t5?,6?,7-/m1/s1. The van der Waals surface area contributed by atoms with Crippen molar-refractivity contribution in [1.82, 2.24) is 0 Å². The molecule has 1 aliphatic carbocycles. The van der Waals surface area contributed by atoms with Gasteiger partial charge in [0.2, 0.25) is 0 Å². The van der Waals surface area contributed by atoms with Gasteiger partial charge in [-0.1, -0.05) is 0 Å². The highest BCUT2D eigenvalue weighted by molar-refractivity contribution is 4.87. The summed E-state index contributed by atoms with van der Waals surface area (Å²) in [6.07, 6.45) is 2.19. The van der Waals surface area contributed by atoms with Crippen molar-refractivity contribution in [3.63, 3.8) is 0 Å². The summed E-state index contributed by atoms with van der Waals surface area (Å²) in [6, 6.07) is 0.468. The van der Waals surface area contributed by atoms with Crippen LogP contribution in [-0.4, -0.2) is 23.8 Å². The Kier molecular flexibility index (Phi) is 1.08. The van der Waals surface area contributed by atoms with E-state index in [1.807, 2.05) is 0 Å². The number of hydrogen-bond acceptors (Lipinski definition) is 1. The van der Waals surface area contributed by atoms with Crippen LogP contribution in [0.5, 0.6) is 0 Å². The van der Waals surface area contributed by atoms with Crippen molar-refractivity contribution >= 4 is 0 Å². The highest BCUT2D eigenvalue weighted by atomic mass is 16.3. The van der Waals surface area contributed by atoms with Crippen LogP contribution in [0.25, 0.3) is 0 Å². The van der Waals surface area contributed by atoms with Crippen LogP contribution in [0.1, 0.15) is 12.8 Å². The zero-order chi connectivity index (χ0) is 6.43. The molecule has 0 spiro atoms. The molecule has 1 saturated heterocycles. The van der Waals surface area contributed by atoms with Crippen molar-refractivity contribution in [2.75, 3.05) is 6.54 Å². The zero-order valence-corrected chi connectivity index (χ0v) is 5.51. The summed E-state index contributed by atoms with van der Waals surface area (Å²) in [7, 11) is 3.93. The van der Waals surface area contributed by atoms with Crippen LogP contribution in [0.4, 0.5) is 0 Å². The fourth-order valence-electron chi connectivity index (χ4n) is 2.25. The topological polar surface area (TPSA) is 24.7 Å². The average Bonchev–Trinajstić information content (AvgIpc) is 2.22. The zero-order valence-electron chi connectivity index (χ0n) is 5.51. The number of aliphatic hydroxyl groups excluding tert-OH is 1. The van der Waals surface area contributed by atoms with Gasteiger partial charge in [-0.15, -0.1) is 0 Å². The predicted octanol–water partition coefficient (Wildman–Crippen LogP) is -1.18. The fraction of sp³-hybridized carbons (Fsp3) is 0.857. The molecule has 9 heavy (non-hydrogen) atoms. The third kappa shape index (κ3) is 0.700. The summed E-state index contributed by atoms with van der Waals surface area (Å²) in [4.78, 5) is 1.29. The second-order valence-corrected chi connectivity index (χ2v) is 3.37. The first-order valence-corrected chi connectivity index (χ1v) is 3.63. The maximum Gasteiger partial charge on any atom is 0.104 e. The van der Waals surface area contributed by atoms with Crippen molar-refractivity contribution in [2.24, 2.45) is 5.92 Å². The molecule has 3 unspecified atom stereocenters. The van der Waals surface area contributed by atoms with Gasteiger partial charge in [0.15, 0.2) is 0 Å². The van der Waals surface area contributed by atoms with Crippen LogP contribution in [0.3, 0.4) is 0 Å². The van der Waals surface area contributed by atoms with Crippen LogP contribution >= 0.6 is 0 Å². The molecule has 0 aromatic carbocycles. The van der Waals surface area contributed by atoms with E-state index in [0.29, 0.717) is 6.04 Å². The lowest BCUT2D eigenvalue weighted by Gasteiger charge is -2.29. The van der Waals surface area contributed by atoms with Gasteiger partial charge in [-0.05, 0) is 6.42 Å². The molecule has 2 rings (SSSR count). The van der Waals surface area contributed by atoms with Crippen molar-refractivity contribution < 1.29 is 10.0 Å². The molecule has 2 nitrogen and oxygen atoms in total. The van der Waals surface area contributed by atoms with E-state index in [9.17, 15) is 5.11 Å². The molecular formula is C7H13NO. The Morgan fingerprint density at radius 2 is 2.22 bits per heavy atom. The summed E-state index contributed by atoms with van der Waals surface area (Å²) in [5.74, 6) is 0.775. The van der Waals surface area contributed by atoms with Crippen molar-refractivity contribution in [1.29, 1.82) is 0 Å². The van der Waals surface area contributed by atoms with E-state index in [1.165, 1.54) is 17.9 Å². The van der Waals surface area contributed by atoms with Gasteiger partial charge >= 0.3 is 0 Å². The molecule has 1 saturated carbocycles. The van der Waals surface area contributed by atoms with Gasteiger partial charge in [0.1, 0.15) is 6.10 Å². The fourth-order valence-corrected chi connectivity index (χ4v) is 2.25. The largest absolute Gasteiger partial charge is 0.463 e. The molecule has 2 N–H and O–H groups in total. The lowest BCUT2D eigenvalue weighted by molar-refractivity contribution is -0.876. The first kappa shape index (κ1) is 5.69. The summed E-state index contributed by atoms with van der Waals surface area (Å²) < 4.78 is 0. The summed E-state index contributed by atoms with van der Waals surface area (Å²) in [5, 5.41) is 9.33. The summed E-state index contributed by atoms with van der Waals surface area (Å²) >= 11 is 0. The SMILES string of the molecule is [CH2-][NH+]1CC2CC1[C@H](O)C2. The Balaban J connectivity index is 2.13. The average molecular weight is 127 g/mol. The molecule has 0 aromatic heterocycles. The van der Waals surface area contributed by atoms with Crippen LogP contribution in [0.2, 0.25) is 0 Å². The number of nitrogens with one attached hydrogen (secondary N) is 1. The molecule has 2 bridgehead atoms. The molecule has 1 aliphatic heterocycles. The van der Waals surface area contributed by atoms with Crippen LogP contribution in [0.15, 0.2) is 0 Å². The van der Waals surface area contributed by atoms with E-state index in [0.717, 1.165) is 12.3 Å². The predicted molar refractivity (Wildman–Crippen MR) is 33.7 cm³/mol. The molecule has 0 aromatic rings. The van der Waals surface area contributed by atoms with Gasteiger partial charge in [0.05, 0.1) is 12.6 Å². The van der Waals surface area contributed by atoms with Crippen LogP contribution in [0, 0.1) is 13.0 Å². The molecule has 2 fully saturated rings. The summed E-state index contributed by atoms with van der Waals surface area (Å²) in [5.41, 5.74) is 0. The Morgan fingerprint density at radius 3 is 2.56 bits per heavy atom. The van der Waals surface area contributed by atoms with Gasteiger partial charge in [0.25, 0.3) is 0 Å². The molecule has 4 atom stereocenters.